The number of likely N-dealkylation sites (N-methyl/N-ethyl adjacent to an activating group) is 1. The van der Waals surface area contributed by atoms with Crippen molar-refractivity contribution in [1.82, 2.24) is 14.7 Å². The van der Waals surface area contributed by atoms with Gasteiger partial charge in [-0.1, -0.05) is 12.5 Å². The maximum absolute atomic E-state index is 12.9. The van der Waals surface area contributed by atoms with Crippen LogP contribution in [0.5, 0.6) is 0 Å². The van der Waals surface area contributed by atoms with Gasteiger partial charge in [0.1, 0.15) is 0 Å². The number of rotatable bonds is 6. The minimum absolute atomic E-state index is 0.316. The van der Waals surface area contributed by atoms with E-state index < -0.39 is 0 Å². The van der Waals surface area contributed by atoms with Crippen molar-refractivity contribution in [2.75, 3.05) is 39.3 Å². The minimum atomic E-state index is 0.316. The highest BCUT2D eigenvalue weighted by Gasteiger charge is 2.30. The lowest BCUT2D eigenvalue weighted by Gasteiger charge is -2.34. The van der Waals surface area contributed by atoms with Crippen LogP contribution in [0, 0.1) is 0 Å². The maximum atomic E-state index is 12.9. The summed E-state index contributed by atoms with van der Waals surface area (Å²) in [7, 11) is 0. The average molecular weight is 334 g/mol. The SMILES string of the molecule is CCN(C(=O)CN1CCCC1CN1CCCCC1)C1=CCCCC1. The second-order valence-electron chi connectivity index (χ2n) is 7.71. The summed E-state index contributed by atoms with van der Waals surface area (Å²) in [5, 5.41) is 0. The quantitative estimate of drug-likeness (QED) is 0.746. The Bertz CT molecular complexity index is 442. The third-order valence-electron chi connectivity index (χ3n) is 5.99. The van der Waals surface area contributed by atoms with Gasteiger partial charge in [-0.15, -0.1) is 0 Å². The summed E-state index contributed by atoms with van der Waals surface area (Å²) in [6, 6.07) is 0.589. The van der Waals surface area contributed by atoms with E-state index in [1.165, 1.54) is 70.3 Å². The summed E-state index contributed by atoms with van der Waals surface area (Å²) < 4.78 is 0. The number of allylic oxidation sites excluding steroid dienone is 2. The normalized spacial score (nSPS) is 26.4. The third-order valence-corrected chi connectivity index (χ3v) is 5.99. The van der Waals surface area contributed by atoms with Gasteiger partial charge in [0.2, 0.25) is 5.91 Å². The first-order valence-electron chi connectivity index (χ1n) is 10.2. The van der Waals surface area contributed by atoms with Crippen molar-refractivity contribution < 1.29 is 4.79 Å². The van der Waals surface area contributed by atoms with Crippen LogP contribution in [0.25, 0.3) is 0 Å². The Balaban J connectivity index is 1.54. The number of likely N-dealkylation sites (tertiary alicyclic amines) is 2. The van der Waals surface area contributed by atoms with Gasteiger partial charge >= 0.3 is 0 Å². The average Bonchev–Trinajstić information content (AvgIpc) is 3.04. The summed E-state index contributed by atoms with van der Waals surface area (Å²) in [4.78, 5) is 20.0. The van der Waals surface area contributed by atoms with E-state index in [1.54, 1.807) is 0 Å². The van der Waals surface area contributed by atoms with Crippen LogP contribution in [0.15, 0.2) is 11.8 Å². The predicted molar refractivity (Wildman–Crippen MR) is 98.8 cm³/mol. The molecule has 0 spiro atoms. The van der Waals surface area contributed by atoms with Crippen LogP contribution in [0.2, 0.25) is 0 Å². The fourth-order valence-corrected chi connectivity index (χ4v) is 4.62. The smallest absolute Gasteiger partial charge is 0.240 e. The highest BCUT2D eigenvalue weighted by molar-refractivity contribution is 5.80. The van der Waals surface area contributed by atoms with Gasteiger partial charge in [0.25, 0.3) is 0 Å². The topological polar surface area (TPSA) is 26.8 Å². The molecule has 2 saturated heterocycles. The van der Waals surface area contributed by atoms with Crippen LogP contribution in [0.1, 0.15) is 64.7 Å². The van der Waals surface area contributed by atoms with E-state index in [0.29, 0.717) is 18.5 Å². The van der Waals surface area contributed by atoms with Gasteiger partial charge in [0.05, 0.1) is 6.54 Å². The maximum Gasteiger partial charge on any atom is 0.240 e. The molecule has 0 aromatic rings. The van der Waals surface area contributed by atoms with Crippen molar-refractivity contribution in [2.45, 2.75) is 70.8 Å². The standard InChI is InChI=1S/C20H35N3O/c1-2-23(18-10-5-3-6-11-18)20(24)17-22-15-9-12-19(22)16-21-13-7-4-8-14-21/h10,19H,2-9,11-17H2,1H3. The number of hydrogen-bond acceptors (Lipinski definition) is 3. The molecule has 0 aromatic heterocycles. The zero-order valence-electron chi connectivity index (χ0n) is 15.5. The molecule has 1 atom stereocenters. The molecule has 136 valence electrons. The number of amides is 1. The molecule has 2 heterocycles. The van der Waals surface area contributed by atoms with Crippen LogP contribution < -0.4 is 0 Å². The van der Waals surface area contributed by atoms with Crippen molar-refractivity contribution in [3.05, 3.63) is 11.8 Å². The highest BCUT2D eigenvalue weighted by Crippen LogP contribution is 2.23. The molecule has 1 aliphatic carbocycles. The van der Waals surface area contributed by atoms with E-state index in [1.807, 2.05) is 0 Å². The van der Waals surface area contributed by atoms with Crippen molar-refractivity contribution in [2.24, 2.45) is 0 Å². The molecule has 2 fully saturated rings. The van der Waals surface area contributed by atoms with Crippen molar-refractivity contribution in [1.29, 1.82) is 0 Å². The number of carbonyl (C=O) groups excluding carboxylic acids is 1. The van der Waals surface area contributed by atoms with E-state index in [2.05, 4.69) is 27.7 Å². The van der Waals surface area contributed by atoms with Crippen LogP contribution in [-0.2, 0) is 4.79 Å². The van der Waals surface area contributed by atoms with E-state index in [0.717, 1.165) is 25.9 Å². The molecule has 3 rings (SSSR count). The molecule has 3 aliphatic rings. The molecule has 0 radical (unpaired) electrons. The first kappa shape index (κ1) is 17.9. The van der Waals surface area contributed by atoms with Crippen LogP contribution in [-0.4, -0.2) is 65.9 Å². The Morgan fingerprint density at radius 2 is 1.96 bits per heavy atom. The Labute approximate surface area is 147 Å². The minimum Gasteiger partial charge on any atom is -0.316 e. The third kappa shape index (κ3) is 4.60. The molecule has 4 heteroatoms. The number of hydrogen-bond donors (Lipinski definition) is 0. The van der Waals surface area contributed by atoms with Crippen molar-refractivity contribution >= 4 is 5.91 Å². The van der Waals surface area contributed by atoms with Crippen molar-refractivity contribution in [3.8, 4) is 0 Å². The first-order valence-corrected chi connectivity index (χ1v) is 10.2. The van der Waals surface area contributed by atoms with Gasteiger partial charge in [-0.25, -0.2) is 0 Å². The Morgan fingerprint density at radius 1 is 1.12 bits per heavy atom. The lowest BCUT2D eigenvalue weighted by Crippen LogP contribution is -2.46. The zero-order chi connectivity index (χ0) is 16.8. The predicted octanol–water partition coefficient (Wildman–Crippen LogP) is 3.24. The Hall–Kier alpha value is -0.870. The summed E-state index contributed by atoms with van der Waals surface area (Å²) in [5.41, 5.74) is 1.28. The lowest BCUT2D eigenvalue weighted by atomic mass is 10.0. The van der Waals surface area contributed by atoms with Gasteiger partial charge < -0.3 is 9.80 Å². The van der Waals surface area contributed by atoms with E-state index in [4.69, 9.17) is 0 Å². The molecule has 1 unspecified atom stereocenters. The Morgan fingerprint density at radius 3 is 2.67 bits per heavy atom. The van der Waals surface area contributed by atoms with Crippen LogP contribution in [0.3, 0.4) is 0 Å². The molecular weight excluding hydrogens is 298 g/mol. The van der Waals surface area contributed by atoms with Crippen LogP contribution >= 0.6 is 0 Å². The fraction of sp³-hybridized carbons (Fsp3) is 0.850. The Kier molecular flexibility index (Phi) is 6.73. The monoisotopic (exact) mass is 333 g/mol. The first-order chi connectivity index (χ1) is 11.8. The molecule has 1 amide bonds. The van der Waals surface area contributed by atoms with Gasteiger partial charge in [-0.05, 0) is 77.9 Å². The highest BCUT2D eigenvalue weighted by atomic mass is 16.2. The van der Waals surface area contributed by atoms with Gasteiger partial charge in [0.15, 0.2) is 0 Å². The summed E-state index contributed by atoms with van der Waals surface area (Å²) >= 11 is 0. The second kappa shape index (κ2) is 9.00. The molecule has 2 aliphatic heterocycles. The lowest BCUT2D eigenvalue weighted by molar-refractivity contribution is -0.130. The van der Waals surface area contributed by atoms with Gasteiger partial charge in [0, 0.05) is 24.8 Å². The van der Waals surface area contributed by atoms with Crippen molar-refractivity contribution in [3.63, 3.8) is 0 Å². The molecule has 0 bridgehead atoms. The van der Waals surface area contributed by atoms with E-state index >= 15 is 0 Å². The van der Waals surface area contributed by atoms with Crippen LogP contribution in [0.4, 0.5) is 0 Å². The number of nitrogens with zero attached hydrogens (tertiary/aromatic N) is 3. The van der Waals surface area contributed by atoms with Gasteiger partial charge in [-0.3, -0.25) is 9.69 Å². The molecule has 0 N–H and O–H groups in total. The fourth-order valence-electron chi connectivity index (χ4n) is 4.62. The van der Waals surface area contributed by atoms with E-state index in [9.17, 15) is 4.79 Å². The summed E-state index contributed by atoms with van der Waals surface area (Å²) in [5.74, 6) is 0.316. The largest absolute Gasteiger partial charge is 0.316 e. The molecule has 0 saturated carbocycles. The number of piperidine rings is 1. The van der Waals surface area contributed by atoms with E-state index in [-0.39, 0.29) is 0 Å². The molecule has 0 aromatic carbocycles. The molecule has 4 nitrogen and oxygen atoms in total. The second-order valence-corrected chi connectivity index (χ2v) is 7.71. The number of carbonyl (C=O) groups is 1. The zero-order valence-corrected chi connectivity index (χ0v) is 15.5. The summed E-state index contributed by atoms with van der Waals surface area (Å²) in [6.07, 6.45) is 13.6. The molecule has 24 heavy (non-hydrogen) atoms. The van der Waals surface area contributed by atoms with Gasteiger partial charge in [-0.2, -0.15) is 0 Å². The molecular formula is C20H35N3O. The summed E-state index contributed by atoms with van der Waals surface area (Å²) in [6.45, 7) is 8.32.